The van der Waals surface area contributed by atoms with Crippen molar-refractivity contribution in [3.05, 3.63) is 0 Å². The molecule has 0 spiro atoms. The van der Waals surface area contributed by atoms with Gasteiger partial charge in [-0.3, -0.25) is 4.79 Å². The highest BCUT2D eigenvalue weighted by atomic mass is 16.5. The number of esters is 1. The van der Waals surface area contributed by atoms with Crippen LogP contribution in [0.15, 0.2) is 0 Å². The van der Waals surface area contributed by atoms with Crippen molar-refractivity contribution in [2.24, 2.45) is 5.92 Å². The van der Waals surface area contributed by atoms with Gasteiger partial charge < -0.3 is 4.74 Å². The fourth-order valence-electron chi connectivity index (χ4n) is 2.01. The highest BCUT2D eigenvalue weighted by Crippen LogP contribution is 2.15. The van der Waals surface area contributed by atoms with Gasteiger partial charge in [0.05, 0.1) is 6.61 Å². The Morgan fingerprint density at radius 2 is 1.65 bits per heavy atom. The van der Waals surface area contributed by atoms with Gasteiger partial charge in [-0.05, 0) is 25.2 Å². The molecule has 0 aromatic carbocycles. The molecule has 0 amide bonds. The van der Waals surface area contributed by atoms with Crippen LogP contribution in [0.3, 0.4) is 0 Å². The van der Waals surface area contributed by atoms with Crippen LogP contribution in [0.5, 0.6) is 0 Å². The van der Waals surface area contributed by atoms with E-state index in [1.54, 1.807) is 0 Å². The quantitative estimate of drug-likeness (QED) is 0.387. The fourth-order valence-corrected chi connectivity index (χ4v) is 2.01. The van der Waals surface area contributed by atoms with Crippen molar-refractivity contribution in [2.45, 2.75) is 78.6 Å². The first-order valence-corrected chi connectivity index (χ1v) is 7.40. The minimum absolute atomic E-state index is 0.00366. The van der Waals surface area contributed by atoms with Gasteiger partial charge in [0.25, 0.3) is 0 Å². The summed E-state index contributed by atoms with van der Waals surface area (Å²) < 4.78 is 5.36. The molecule has 0 aliphatic rings. The molecule has 0 aliphatic carbocycles. The summed E-state index contributed by atoms with van der Waals surface area (Å²) in [6.07, 6.45) is 9.90. The van der Waals surface area contributed by atoms with Crippen molar-refractivity contribution in [3.63, 3.8) is 0 Å². The van der Waals surface area contributed by atoms with Crippen molar-refractivity contribution < 1.29 is 9.53 Å². The van der Waals surface area contributed by atoms with Gasteiger partial charge in [0.2, 0.25) is 0 Å². The standard InChI is InChI=1S/C15H30O2/c1-4-7-9-12-15(16)17-13-14(10-6-3)11-8-5-2/h14H,4-13H2,1-3H3. The molecule has 0 bridgehead atoms. The van der Waals surface area contributed by atoms with E-state index in [1.165, 1.54) is 32.1 Å². The van der Waals surface area contributed by atoms with Crippen LogP contribution in [0.4, 0.5) is 0 Å². The summed E-state index contributed by atoms with van der Waals surface area (Å²) >= 11 is 0. The number of rotatable bonds is 11. The molecule has 0 aromatic heterocycles. The van der Waals surface area contributed by atoms with E-state index in [1.807, 2.05) is 0 Å². The predicted octanol–water partition coefficient (Wildman–Crippen LogP) is 4.72. The van der Waals surface area contributed by atoms with Crippen LogP contribution in [0.2, 0.25) is 0 Å². The summed E-state index contributed by atoms with van der Waals surface area (Å²) in [6.45, 7) is 7.19. The zero-order valence-corrected chi connectivity index (χ0v) is 12.0. The van der Waals surface area contributed by atoms with E-state index in [2.05, 4.69) is 20.8 Å². The lowest BCUT2D eigenvalue weighted by molar-refractivity contribution is -0.145. The molecule has 1 atom stereocenters. The summed E-state index contributed by atoms with van der Waals surface area (Å²) in [5.41, 5.74) is 0. The van der Waals surface area contributed by atoms with Crippen LogP contribution in [0.25, 0.3) is 0 Å². The number of carbonyl (C=O) groups is 1. The molecule has 102 valence electrons. The summed E-state index contributed by atoms with van der Waals surface area (Å²) in [4.78, 5) is 11.5. The molecule has 0 saturated carbocycles. The summed E-state index contributed by atoms with van der Waals surface area (Å²) in [7, 11) is 0. The minimum atomic E-state index is -0.00366. The Hall–Kier alpha value is -0.530. The van der Waals surface area contributed by atoms with Crippen LogP contribution < -0.4 is 0 Å². The Balaban J connectivity index is 3.66. The molecule has 0 rings (SSSR count). The van der Waals surface area contributed by atoms with Gasteiger partial charge in [-0.1, -0.05) is 52.9 Å². The van der Waals surface area contributed by atoms with E-state index in [0.29, 0.717) is 18.9 Å². The topological polar surface area (TPSA) is 26.3 Å². The molecular weight excluding hydrogens is 212 g/mol. The summed E-state index contributed by atoms with van der Waals surface area (Å²) in [5, 5.41) is 0. The number of unbranched alkanes of at least 4 members (excludes halogenated alkanes) is 3. The predicted molar refractivity (Wildman–Crippen MR) is 73.0 cm³/mol. The molecule has 0 aromatic rings. The first kappa shape index (κ1) is 16.5. The Labute approximate surface area is 107 Å². The summed E-state index contributed by atoms with van der Waals surface area (Å²) in [6, 6.07) is 0. The van der Waals surface area contributed by atoms with Gasteiger partial charge in [0.15, 0.2) is 0 Å². The maximum absolute atomic E-state index is 11.5. The van der Waals surface area contributed by atoms with Crippen LogP contribution in [0.1, 0.15) is 78.6 Å². The molecule has 17 heavy (non-hydrogen) atoms. The smallest absolute Gasteiger partial charge is 0.305 e. The van der Waals surface area contributed by atoms with Crippen molar-refractivity contribution >= 4 is 5.97 Å². The van der Waals surface area contributed by atoms with E-state index in [9.17, 15) is 4.79 Å². The van der Waals surface area contributed by atoms with Crippen molar-refractivity contribution in [2.75, 3.05) is 6.61 Å². The second-order valence-corrected chi connectivity index (χ2v) is 4.94. The van der Waals surface area contributed by atoms with E-state index in [0.717, 1.165) is 19.3 Å². The molecule has 0 fully saturated rings. The highest BCUT2D eigenvalue weighted by Gasteiger charge is 2.10. The van der Waals surface area contributed by atoms with E-state index in [-0.39, 0.29) is 5.97 Å². The third kappa shape index (κ3) is 10.3. The molecule has 1 unspecified atom stereocenters. The van der Waals surface area contributed by atoms with E-state index in [4.69, 9.17) is 4.74 Å². The number of hydrogen-bond acceptors (Lipinski definition) is 2. The lowest BCUT2D eigenvalue weighted by Crippen LogP contribution is -2.14. The normalized spacial score (nSPS) is 12.4. The summed E-state index contributed by atoms with van der Waals surface area (Å²) in [5.74, 6) is 0.575. The number of carbonyl (C=O) groups excluding carboxylic acids is 1. The number of ether oxygens (including phenoxy) is 1. The van der Waals surface area contributed by atoms with Gasteiger partial charge in [-0.2, -0.15) is 0 Å². The SMILES string of the molecule is CCCCCC(=O)OCC(CCC)CCCC. The molecule has 2 nitrogen and oxygen atoms in total. The second kappa shape index (κ2) is 11.9. The van der Waals surface area contributed by atoms with Crippen molar-refractivity contribution in [1.29, 1.82) is 0 Å². The molecule has 0 radical (unpaired) electrons. The number of hydrogen-bond donors (Lipinski definition) is 0. The highest BCUT2D eigenvalue weighted by molar-refractivity contribution is 5.69. The average Bonchev–Trinajstić information content (AvgIpc) is 2.33. The average molecular weight is 242 g/mol. The molecule has 0 aliphatic heterocycles. The molecule has 0 N–H and O–H groups in total. The fraction of sp³-hybridized carbons (Fsp3) is 0.933. The minimum Gasteiger partial charge on any atom is -0.465 e. The van der Waals surface area contributed by atoms with Gasteiger partial charge in [0, 0.05) is 6.42 Å². The molecule has 2 heteroatoms. The first-order chi connectivity index (χ1) is 8.24. The maximum atomic E-state index is 11.5. The Kier molecular flexibility index (Phi) is 11.6. The third-order valence-corrected chi connectivity index (χ3v) is 3.13. The van der Waals surface area contributed by atoms with Crippen molar-refractivity contribution in [1.82, 2.24) is 0 Å². The van der Waals surface area contributed by atoms with Crippen LogP contribution in [0, 0.1) is 5.92 Å². The molecule has 0 heterocycles. The zero-order valence-electron chi connectivity index (χ0n) is 12.0. The monoisotopic (exact) mass is 242 g/mol. The van der Waals surface area contributed by atoms with Crippen LogP contribution in [-0.4, -0.2) is 12.6 Å². The molecular formula is C15H30O2. The zero-order chi connectivity index (χ0) is 12.9. The van der Waals surface area contributed by atoms with Crippen LogP contribution in [-0.2, 0) is 9.53 Å². The molecule has 0 saturated heterocycles. The van der Waals surface area contributed by atoms with E-state index >= 15 is 0 Å². The maximum Gasteiger partial charge on any atom is 0.305 e. The van der Waals surface area contributed by atoms with Crippen LogP contribution >= 0.6 is 0 Å². The second-order valence-electron chi connectivity index (χ2n) is 4.94. The van der Waals surface area contributed by atoms with Gasteiger partial charge in [0.1, 0.15) is 0 Å². The third-order valence-electron chi connectivity index (χ3n) is 3.13. The Bertz CT molecular complexity index is 178. The lowest BCUT2D eigenvalue weighted by atomic mass is 9.98. The van der Waals surface area contributed by atoms with Gasteiger partial charge >= 0.3 is 5.97 Å². The Morgan fingerprint density at radius 1 is 0.941 bits per heavy atom. The van der Waals surface area contributed by atoms with Gasteiger partial charge in [-0.25, -0.2) is 0 Å². The first-order valence-electron chi connectivity index (χ1n) is 7.40. The van der Waals surface area contributed by atoms with Gasteiger partial charge in [-0.15, -0.1) is 0 Å². The lowest BCUT2D eigenvalue weighted by Gasteiger charge is -2.15. The Morgan fingerprint density at radius 3 is 2.24 bits per heavy atom. The largest absolute Gasteiger partial charge is 0.465 e. The van der Waals surface area contributed by atoms with E-state index < -0.39 is 0 Å². The van der Waals surface area contributed by atoms with Crippen molar-refractivity contribution in [3.8, 4) is 0 Å².